The van der Waals surface area contributed by atoms with Gasteiger partial charge in [-0.15, -0.1) is 11.8 Å². The first-order valence-corrected chi connectivity index (χ1v) is 9.57. The molecule has 1 N–H and O–H groups in total. The first kappa shape index (κ1) is 17.5. The van der Waals surface area contributed by atoms with Crippen LogP contribution in [0.25, 0.3) is 0 Å². The van der Waals surface area contributed by atoms with Gasteiger partial charge >= 0.3 is 0 Å². The van der Waals surface area contributed by atoms with Gasteiger partial charge in [-0.05, 0) is 36.6 Å². The summed E-state index contributed by atoms with van der Waals surface area (Å²) >= 11 is 1.65. The molecule has 1 atom stereocenters. The van der Waals surface area contributed by atoms with E-state index in [1.54, 1.807) is 11.8 Å². The minimum atomic E-state index is -0.0647. The smallest absolute Gasteiger partial charge is 0.251 e. The van der Waals surface area contributed by atoms with Crippen LogP contribution in [-0.2, 0) is 11.2 Å². The SMILES string of the molecule is CCNC(=O)c1ccc([C@@H]2SCC(=O)N2CCc2ccccc2)cc1. The second kappa shape index (κ2) is 8.21. The molecule has 0 saturated carbocycles. The molecule has 1 fully saturated rings. The molecule has 25 heavy (non-hydrogen) atoms. The maximum atomic E-state index is 12.3. The van der Waals surface area contributed by atoms with Gasteiger partial charge in [-0.1, -0.05) is 42.5 Å². The number of carbonyl (C=O) groups is 2. The summed E-state index contributed by atoms with van der Waals surface area (Å²) < 4.78 is 0. The van der Waals surface area contributed by atoms with Crippen molar-refractivity contribution in [3.05, 3.63) is 71.3 Å². The lowest BCUT2D eigenvalue weighted by atomic mass is 10.1. The summed E-state index contributed by atoms with van der Waals surface area (Å²) in [6.45, 7) is 3.22. The molecule has 130 valence electrons. The molecule has 0 aromatic heterocycles. The van der Waals surface area contributed by atoms with E-state index in [1.165, 1.54) is 5.56 Å². The summed E-state index contributed by atoms with van der Waals surface area (Å²) in [5.41, 5.74) is 2.95. The van der Waals surface area contributed by atoms with Gasteiger partial charge in [0.05, 0.1) is 5.75 Å². The van der Waals surface area contributed by atoms with Crippen LogP contribution in [0, 0.1) is 0 Å². The second-order valence-corrected chi connectivity index (χ2v) is 7.04. The third kappa shape index (κ3) is 4.23. The monoisotopic (exact) mass is 354 g/mol. The van der Waals surface area contributed by atoms with E-state index >= 15 is 0 Å². The van der Waals surface area contributed by atoms with E-state index in [2.05, 4.69) is 17.4 Å². The average molecular weight is 354 g/mol. The topological polar surface area (TPSA) is 49.4 Å². The van der Waals surface area contributed by atoms with Crippen LogP contribution in [0.5, 0.6) is 0 Å². The molecule has 5 heteroatoms. The predicted octanol–water partition coefficient (Wildman–Crippen LogP) is 3.25. The Labute approximate surface area is 152 Å². The van der Waals surface area contributed by atoms with Crippen LogP contribution >= 0.6 is 11.8 Å². The van der Waals surface area contributed by atoms with Crippen molar-refractivity contribution < 1.29 is 9.59 Å². The molecule has 0 spiro atoms. The summed E-state index contributed by atoms with van der Waals surface area (Å²) in [6, 6.07) is 17.8. The molecular formula is C20H22N2O2S. The average Bonchev–Trinajstić information content (AvgIpc) is 3.02. The Bertz CT molecular complexity index is 731. The van der Waals surface area contributed by atoms with Gasteiger partial charge < -0.3 is 10.2 Å². The summed E-state index contributed by atoms with van der Waals surface area (Å²) in [5.74, 6) is 0.626. The molecule has 2 aromatic rings. The zero-order valence-electron chi connectivity index (χ0n) is 14.3. The van der Waals surface area contributed by atoms with Gasteiger partial charge in [0.15, 0.2) is 0 Å². The summed E-state index contributed by atoms with van der Waals surface area (Å²) in [4.78, 5) is 26.1. The van der Waals surface area contributed by atoms with Crippen molar-refractivity contribution >= 4 is 23.6 Å². The third-order valence-electron chi connectivity index (χ3n) is 4.25. The Morgan fingerprint density at radius 1 is 1.16 bits per heavy atom. The maximum Gasteiger partial charge on any atom is 0.251 e. The highest BCUT2D eigenvalue weighted by Gasteiger charge is 2.32. The van der Waals surface area contributed by atoms with E-state index in [9.17, 15) is 9.59 Å². The van der Waals surface area contributed by atoms with Gasteiger partial charge in [0.2, 0.25) is 5.91 Å². The highest BCUT2D eigenvalue weighted by atomic mass is 32.2. The van der Waals surface area contributed by atoms with Crippen LogP contribution < -0.4 is 5.32 Å². The van der Waals surface area contributed by atoms with Gasteiger partial charge in [0.25, 0.3) is 5.91 Å². The van der Waals surface area contributed by atoms with Crippen LogP contribution in [0.3, 0.4) is 0 Å². The van der Waals surface area contributed by atoms with Gasteiger partial charge in [-0.3, -0.25) is 9.59 Å². The number of rotatable bonds is 6. The van der Waals surface area contributed by atoms with Crippen molar-refractivity contribution in [1.82, 2.24) is 10.2 Å². The summed E-state index contributed by atoms with van der Waals surface area (Å²) in [6.07, 6.45) is 0.848. The quantitative estimate of drug-likeness (QED) is 0.866. The largest absolute Gasteiger partial charge is 0.352 e. The number of hydrogen-bond donors (Lipinski definition) is 1. The third-order valence-corrected chi connectivity index (χ3v) is 5.50. The van der Waals surface area contributed by atoms with Crippen LogP contribution in [-0.4, -0.2) is 35.6 Å². The van der Waals surface area contributed by atoms with E-state index in [4.69, 9.17) is 0 Å². The molecule has 2 amide bonds. The molecule has 1 heterocycles. The molecule has 0 bridgehead atoms. The highest BCUT2D eigenvalue weighted by molar-refractivity contribution is 8.00. The zero-order chi connectivity index (χ0) is 17.6. The number of thioether (sulfide) groups is 1. The molecule has 1 aliphatic rings. The van der Waals surface area contributed by atoms with Crippen LogP contribution in [0.15, 0.2) is 54.6 Å². The fraction of sp³-hybridized carbons (Fsp3) is 0.300. The van der Waals surface area contributed by atoms with Crippen LogP contribution in [0.4, 0.5) is 0 Å². The van der Waals surface area contributed by atoms with Gasteiger partial charge in [-0.25, -0.2) is 0 Å². The van der Waals surface area contributed by atoms with E-state index in [0.717, 1.165) is 12.0 Å². The minimum absolute atomic E-state index is 0.0273. The Kier molecular flexibility index (Phi) is 5.76. The molecule has 1 aliphatic heterocycles. The minimum Gasteiger partial charge on any atom is -0.352 e. The lowest BCUT2D eigenvalue weighted by molar-refractivity contribution is -0.128. The van der Waals surface area contributed by atoms with Gasteiger partial charge in [-0.2, -0.15) is 0 Å². The van der Waals surface area contributed by atoms with E-state index in [0.29, 0.717) is 24.4 Å². The van der Waals surface area contributed by atoms with Gasteiger partial charge in [0.1, 0.15) is 5.37 Å². The molecule has 3 rings (SSSR count). The van der Waals surface area contributed by atoms with Crippen molar-refractivity contribution in [3.8, 4) is 0 Å². The van der Waals surface area contributed by atoms with E-state index in [1.807, 2.05) is 54.3 Å². The molecule has 0 radical (unpaired) electrons. The Balaban J connectivity index is 1.69. The lowest BCUT2D eigenvalue weighted by Gasteiger charge is -2.24. The molecule has 1 saturated heterocycles. The maximum absolute atomic E-state index is 12.3. The molecule has 0 unspecified atom stereocenters. The summed E-state index contributed by atoms with van der Waals surface area (Å²) in [7, 11) is 0. The van der Waals surface area contributed by atoms with Crippen molar-refractivity contribution in [2.45, 2.75) is 18.7 Å². The van der Waals surface area contributed by atoms with Crippen molar-refractivity contribution in [3.63, 3.8) is 0 Å². The Morgan fingerprint density at radius 2 is 1.88 bits per heavy atom. The van der Waals surface area contributed by atoms with Crippen LogP contribution in [0.1, 0.15) is 33.8 Å². The first-order chi connectivity index (χ1) is 12.2. The van der Waals surface area contributed by atoms with Crippen molar-refractivity contribution in [2.75, 3.05) is 18.8 Å². The predicted molar refractivity (Wildman–Crippen MR) is 102 cm³/mol. The lowest BCUT2D eigenvalue weighted by Crippen LogP contribution is -2.30. The number of nitrogens with zero attached hydrogens (tertiary/aromatic N) is 1. The zero-order valence-corrected chi connectivity index (χ0v) is 15.1. The summed E-state index contributed by atoms with van der Waals surface area (Å²) in [5, 5.41) is 2.82. The fourth-order valence-electron chi connectivity index (χ4n) is 2.93. The molecular weight excluding hydrogens is 332 g/mol. The number of benzene rings is 2. The van der Waals surface area contributed by atoms with E-state index in [-0.39, 0.29) is 17.2 Å². The van der Waals surface area contributed by atoms with Crippen LogP contribution in [0.2, 0.25) is 0 Å². The number of amides is 2. The van der Waals surface area contributed by atoms with Gasteiger partial charge in [0, 0.05) is 18.7 Å². The Hall–Kier alpha value is -2.27. The first-order valence-electron chi connectivity index (χ1n) is 8.52. The molecule has 0 aliphatic carbocycles. The normalized spacial score (nSPS) is 16.9. The van der Waals surface area contributed by atoms with Crippen molar-refractivity contribution in [2.24, 2.45) is 0 Å². The molecule has 2 aromatic carbocycles. The second-order valence-electron chi connectivity index (χ2n) is 5.97. The Morgan fingerprint density at radius 3 is 2.56 bits per heavy atom. The fourth-order valence-corrected chi connectivity index (χ4v) is 4.15. The highest BCUT2D eigenvalue weighted by Crippen LogP contribution is 2.38. The number of carbonyl (C=O) groups excluding carboxylic acids is 2. The van der Waals surface area contributed by atoms with E-state index < -0.39 is 0 Å². The number of hydrogen-bond acceptors (Lipinski definition) is 3. The number of nitrogens with one attached hydrogen (secondary N) is 1. The molecule has 4 nitrogen and oxygen atoms in total. The van der Waals surface area contributed by atoms with Crippen molar-refractivity contribution in [1.29, 1.82) is 0 Å². The standard InChI is InChI=1S/C20H22N2O2S/c1-2-21-19(24)16-8-10-17(11-9-16)20-22(18(23)14-25-20)13-12-15-6-4-3-5-7-15/h3-11,20H,2,12-14H2,1H3,(H,21,24)/t20-/m0/s1.